The molecule has 0 atom stereocenters. The third kappa shape index (κ3) is 3.10. The van der Waals surface area contributed by atoms with Crippen molar-refractivity contribution in [3.8, 4) is 0 Å². The quantitative estimate of drug-likeness (QED) is 0.860. The number of carbonyl (C=O) groups is 2. The summed E-state index contributed by atoms with van der Waals surface area (Å²) in [6.07, 6.45) is 4.11. The fourth-order valence-electron chi connectivity index (χ4n) is 2.86. The highest BCUT2D eigenvalue weighted by molar-refractivity contribution is 5.99. The molecular weight excluding hydrogens is 256 g/mol. The average molecular weight is 276 g/mol. The van der Waals surface area contributed by atoms with E-state index in [1.807, 2.05) is 24.0 Å². The Morgan fingerprint density at radius 1 is 1.35 bits per heavy atom. The van der Waals surface area contributed by atoms with Gasteiger partial charge in [-0.1, -0.05) is 18.9 Å². The van der Waals surface area contributed by atoms with Crippen molar-refractivity contribution in [2.24, 2.45) is 5.73 Å². The first-order chi connectivity index (χ1) is 9.49. The zero-order chi connectivity index (χ0) is 14.7. The molecule has 108 valence electrons. The highest BCUT2D eigenvalue weighted by Crippen LogP contribution is 2.31. The van der Waals surface area contributed by atoms with E-state index in [-0.39, 0.29) is 12.6 Å². The molecule has 0 heterocycles. The molecule has 1 aliphatic rings. The highest BCUT2D eigenvalue weighted by Gasteiger charge is 2.27. The fraction of sp³-hybridized carbons (Fsp3) is 0.467. The van der Waals surface area contributed by atoms with E-state index >= 15 is 0 Å². The molecule has 1 amide bonds. The van der Waals surface area contributed by atoms with Crippen LogP contribution in [0.4, 0.5) is 5.69 Å². The Morgan fingerprint density at radius 3 is 2.55 bits per heavy atom. The summed E-state index contributed by atoms with van der Waals surface area (Å²) in [7, 11) is 0. The van der Waals surface area contributed by atoms with Crippen molar-refractivity contribution < 1.29 is 14.7 Å². The lowest BCUT2D eigenvalue weighted by Gasteiger charge is -2.31. The van der Waals surface area contributed by atoms with Crippen LogP contribution in [0.2, 0.25) is 0 Å². The zero-order valence-corrected chi connectivity index (χ0v) is 11.6. The molecule has 5 heteroatoms. The van der Waals surface area contributed by atoms with Gasteiger partial charge in [0.25, 0.3) is 5.91 Å². The van der Waals surface area contributed by atoms with Crippen molar-refractivity contribution in [1.82, 2.24) is 0 Å². The molecule has 2 rings (SSSR count). The summed E-state index contributed by atoms with van der Waals surface area (Å²) in [4.78, 5) is 24.6. The first-order valence-electron chi connectivity index (χ1n) is 6.88. The van der Waals surface area contributed by atoms with E-state index in [4.69, 9.17) is 10.8 Å². The van der Waals surface area contributed by atoms with Crippen LogP contribution in [0.15, 0.2) is 18.2 Å². The van der Waals surface area contributed by atoms with Crippen LogP contribution in [0.5, 0.6) is 0 Å². The largest absolute Gasteiger partial charge is 0.480 e. The number of carboxylic acid groups (broad SMARTS) is 1. The first kappa shape index (κ1) is 14.4. The number of anilines is 1. The SMILES string of the molecule is Cc1ccc(C(N)=O)c(N(CC(=O)O)C2CCCC2)c1. The number of aliphatic carboxylic acids is 1. The van der Waals surface area contributed by atoms with Crippen LogP contribution < -0.4 is 10.6 Å². The Balaban J connectivity index is 2.43. The second-order valence-electron chi connectivity index (χ2n) is 5.34. The van der Waals surface area contributed by atoms with E-state index in [9.17, 15) is 9.59 Å². The van der Waals surface area contributed by atoms with Gasteiger partial charge in [-0.2, -0.15) is 0 Å². The molecule has 3 N–H and O–H groups in total. The summed E-state index contributed by atoms with van der Waals surface area (Å²) in [5.74, 6) is -1.41. The molecule has 0 bridgehead atoms. The van der Waals surface area contributed by atoms with Gasteiger partial charge >= 0.3 is 5.97 Å². The van der Waals surface area contributed by atoms with Crippen molar-refractivity contribution >= 4 is 17.6 Å². The van der Waals surface area contributed by atoms with E-state index < -0.39 is 11.9 Å². The van der Waals surface area contributed by atoms with Crippen LogP contribution in [-0.2, 0) is 4.79 Å². The van der Waals surface area contributed by atoms with Gasteiger partial charge in [0, 0.05) is 6.04 Å². The van der Waals surface area contributed by atoms with Gasteiger partial charge in [-0.25, -0.2) is 0 Å². The summed E-state index contributed by atoms with van der Waals surface area (Å²) in [6.45, 7) is 1.82. The molecule has 1 aromatic carbocycles. The number of hydrogen-bond acceptors (Lipinski definition) is 3. The van der Waals surface area contributed by atoms with Gasteiger partial charge in [0.15, 0.2) is 0 Å². The molecule has 1 fully saturated rings. The Kier molecular flexibility index (Phi) is 4.27. The molecule has 0 unspecified atom stereocenters. The molecular formula is C15H20N2O3. The number of primary amides is 1. The minimum absolute atomic E-state index is 0.103. The number of nitrogens with two attached hydrogens (primary N) is 1. The van der Waals surface area contributed by atoms with Crippen molar-refractivity contribution in [3.05, 3.63) is 29.3 Å². The standard InChI is InChI=1S/C15H20N2O3/c1-10-6-7-12(15(16)20)13(8-10)17(9-14(18)19)11-4-2-3-5-11/h6-8,11H,2-5,9H2,1H3,(H2,16,20)(H,18,19). The van der Waals surface area contributed by atoms with Gasteiger partial charge in [-0.3, -0.25) is 9.59 Å². The van der Waals surface area contributed by atoms with Crippen molar-refractivity contribution in [1.29, 1.82) is 0 Å². The number of hydrogen-bond donors (Lipinski definition) is 2. The van der Waals surface area contributed by atoms with Crippen molar-refractivity contribution in [3.63, 3.8) is 0 Å². The molecule has 0 spiro atoms. The van der Waals surface area contributed by atoms with Crippen molar-refractivity contribution in [2.45, 2.75) is 38.6 Å². The monoisotopic (exact) mass is 276 g/mol. The van der Waals surface area contributed by atoms with Crippen LogP contribution in [0.1, 0.15) is 41.6 Å². The summed E-state index contributed by atoms with van der Waals surface area (Å²) in [5, 5.41) is 9.15. The normalized spacial score (nSPS) is 15.2. The molecule has 0 radical (unpaired) electrons. The fourth-order valence-corrected chi connectivity index (χ4v) is 2.86. The molecule has 20 heavy (non-hydrogen) atoms. The number of aryl methyl sites for hydroxylation is 1. The van der Waals surface area contributed by atoms with Gasteiger partial charge < -0.3 is 15.7 Å². The van der Waals surface area contributed by atoms with E-state index in [2.05, 4.69) is 0 Å². The number of carboxylic acids is 1. The number of benzene rings is 1. The predicted molar refractivity (Wildman–Crippen MR) is 76.9 cm³/mol. The molecule has 5 nitrogen and oxygen atoms in total. The lowest BCUT2D eigenvalue weighted by atomic mass is 10.1. The Hall–Kier alpha value is -2.04. The first-order valence-corrected chi connectivity index (χ1v) is 6.88. The second-order valence-corrected chi connectivity index (χ2v) is 5.34. The van der Waals surface area contributed by atoms with Gasteiger partial charge in [0.05, 0.1) is 11.3 Å². The van der Waals surface area contributed by atoms with Crippen LogP contribution in [0.3, 0.4) is 0 Å². The Bertz CT molecular complexity index is 522. The molecule has 0 saturated heterocycles. The molecule has 0 aliphatic heterocycles. The summed E-state index contributed by atoms with van der Waals surface area (Å²) in [6, 6.07) is 5.51. The van der Waals surface area contributed by atoms with E-state index in [0.717, 1.165) is 31.2 Å². The van der Waals surface area contributed by atoms with Gasteiger partial charge in [0.1, 0.15) is 6.54 Å². The van der Waals surface area contributed by atoms with E-state index in [0.29, 0.717) is 11.3 Å². The Morgan fingerprint density at radius 2 is 2.00 bits per heavy atom. The van der Waals surface area contributed by atoms with Gasteiger partial charge in [0.2, 0.25) is 0 Å². The zero-order valence-electron chi connectivity index (χ0n) is 11.6. The number of carbonyl (C=O) groups excluding carboxylic acids is 1. The molecule has 1 saturated carbocycles. The summed E-state index contributed by atoms with van der Waals surface area (Å²) >= 11 is 0. The van der Waals surface area contributed by atoms with Crippen LogP contribution in [-0.4, -0.2) is 29.6 Å². The van der Waals surface area contributed by atoms with Crippen LogP contribution in [0, 0.1) is 6.92 Å². The molecule has 1 aromatic rings. The number of amides is 1. The maximum absolute atomic E-state index is 11.6. The minimum Gasteiger partial charge on any atom is -0.480 e. The number of rotatable bonds is 5. The number of nitrogens with zero attached hydrogens (tertiary/aromatic N) is 1. The lowest BCUT2D eigenvalue weighted by Crippen LogP contribution is -2.39. The van der Waals surface area contributed by atoms with Gasteiger partial charge in [-0.15, -0.1) is 0 Å². The smallest absolute Gasteiger partial charge is 0.323 e. The van der Waals surface area contributed by atoms with E-state index in [1.54, 1.807) is 6.07 Å². The molecule has 1 aliphatic carbocycles. The maximum atomic E-state index is 11.6. The van der Waals surface area contributed by atoms with Crippen LogP contribution in [0.25, 0.3) is 0 Å². The van der Waals surface area contributed by atoms with Crippen molar-refractivity contribution in [2.75, 3.05) is 11.4 Å². The van der Waals surface area contributed by atoms with Crippen LogP contribution >= 0.6 is 0 Å². The average Bonchev–Trinajstić information content (AvgIpc) is 2.88. The third-order valence-electron chi connectivity index (χ3n) is 3.80. The second kappa shape index (κ2) is 5.94. The third-order valence-corrected chi connectivity index (χ3v) is 3.80. The summed E-state index contributed by atoms with van der Waals surface area (Å²) in [5.41, 5.74) is 7.44. The molecule has 0 aromatic heterocycles. The minimum atomic E-state index is -0.895. The Labute approximate surface area is 118 Å². The maximum Gasteiger partial charge on any atom is 0.323 e. The lowest BCUT2D eigenvalue weighted by molar-refractivity contribution is -0.135. The topological polar surface area (TPSA) is 83.6 Å². The predicted octanol–water partition coefficient (Wildman–Crippen LogP) is 1.93. The summed E-state index contributed by atoms with van der Waals surface area (Å²) < 4.78 is 0. The van der Waals surface area contributed by atoms with Gasteiger partial charge in [-0.05, 0) is 37.5 Å². The highest BCUT2D eigenvalue weighted by atomic mass is 16.4. The van der Waals surface area contributed by atoms with E-state index in [1.165, 1.54) is 0 Å².